The van der Waals surface area contributed by atoms with Crippen LogP contribution >= 0.6 is 0 Å². The molecule has 3 atom stereocenters. The number of rotatable bonds is 2. The highest BCUT2D eigenvalue weighted by molar-refractivity contribution is 5.75. The fourth-order valence-corrected chi connectivity index (χ4v) is 3.57. The van der Waals surface area contributed by atoms with Gasteiger partial charge in [0.05, 0.1) is 6.10 Å². The van der Waals surface area contributed by atoms with Crippen LogP contribution in [0.25, 0.3) is 0 Å². The van der Waals surface area contributed by atoms with Gasteiger partial charge in [0.1, 0.15) is 0 Å². The smallest absolute Gasteiger partial charge is 0.317 e. The van der Waals surface area contributed by atoms with Crippen molar-refractivity contribution in [2.75, 3.05) is 6.54 Å². The van der Waals surface area contributed by atoms with Gasteiger partial charge in [-0.05, 0) is 46.0 Å². The number of hydrogen-bond donors (Lipinski definition) is 2. The largest absolute Gasteiger partial charge is 0.393 e. The van der Waals surface area contributed by atoms with Crippen molar-refractivity contribution in [1.29, 1.82) is 0 Å². The molecule has 0 aromatic heterocycles. The summed E-state index contributed by atoms with van der Waals surface area (Å²) in [5.74, 6) is 0.284. The lowest BCUT2D eigenvalue weighted by atomic mass is 9.78. The summed E-state index contributed by atoms with van der Waals surface area (Å²) in [6, 6.07) is 0.464. The Balaban J connectivity index is 2.04. The summed E-state index contributed by atoms with van der Waals surface area (Å²) >= 11 is 0. The molecule has 2 N–H and O–H groups in total. The highest BCUT2D eigenvalue weighted by atomic mass is 16.3. The van der Waals surface area contributed by atoms with Crippen LogP contribution < -0.4 is 5.32 Å². The Morgan fingerprint density at radius 3 is 2.53 bits per heavy atom. The molecule has 2 aliphatic rings. The summed E-state index contributed by atoms with van der Waals surface area (Å²) < 4.78 is 0. The molecule has 1 aliphatic carbocycles. The third kappa shape index (κ3) is 3.62. The monoisotopic (exact) mass is 268 g/mol. The Morgan fingerprint density at radius 1 is 1.16 bits per heavy atom. The lowest BCUT2D eigenvalue weighted by molar-refractivity contribution is 0.00817. The standard InChI is InChI=1S/C15H28N2O2/c1-11(2)16-15(19)17-10-6-5-8-13(17)12-7-3-4-9-14(12)18/h11-14,18H,3-10H2,1-2H3,(H,16,19). The summed E-state index contributed by atoms with van der Waals surface area (Å²) in [5, 5.41) is 13.2. The maximum Gasteiger partial charge on any atom is 0.317 e. The van der Waals surface area contributed by atoms with Crippen LogP contribution in [-0.2, 0) is 0 Å². The normalized spacial score (nSPS) is 32.4. The van der Waals surface area contributed by atoms with Crippen molar-refractivity contribution in [3.8, 4) is 0 Å². The van der Waals surface area contributed by atoms with Crippen molar-refractivity contribution in [3.05, 3.63) is 0 Å². The van der Waals surface area contributed by atoms with E-state index in [4.69, 9.17) is 0 Å². The highest BCUT2D eigenvalue weighted by Crippen LogP contribution is 2.34. The molecule has 1 saturated carbocycles. The number of nitrogens with zero attached hydrogens (tertiary/aromatic N) is 1. The minimum atomic E-state index is -0.216. The van der Waals surface area contributed by atoms with Crippen LogP contribution in [0, 0.1) is 5.92 Å². The summed E-state index contributed by atoms with van der Waals surface area (Å²) in [6.07, 6.45) is 7.39. The second-order valence-corrected chi connectivity index (χ2v) is 6.38. The first-order valence-corrected chi connectivity index (χ1v) is 7.85. The van der Waals surface area contributed by atoms with Crippen molar-refractivity contribution in [1.82, 2.24) is 10.2 Å². The minimum absolute atomic E-state index is 0.0532. The lowest BCUT2D eigenvalue weighted by Gasteiger charge is -2.43. The van der Waals surface area contributed by atoms with Gasteiger partial charge in [-0.15, -0.1) is 0 Å². The Bertz CT molecular complexity index is 307. The van der Waals surface area contributed by atoms with E-state index in [1.807, 2.05) is 18.7 Å². The topological polar surface area (TPSA) is 52.6 Å². The predicted molar refractivity (Wildman–Crippen MR) is 76.0 cm³/mol. The first-order chi connectivity index (χ1) is 9.09. The SMILES string of the molecule is CC(C)NC(=O)N1CCCCC1C1CCCCC1O. The molecule has 2 fully saturated rings. The fourth-order valence-electron chi connectivity index (χ4n) is 3.57. The lowest BCUT2D eigenvalue weighted by Crippen LogP contribution is -2.55. The van der Waals surface area contributed by atoms with Gasteiger partial charge in [-0.25, -0.2) is 4.79 Å². The Labute approximate surface area is 116 Å². The molecule has 0 radical (unpaired) electrons. The summed E-state index contributed by atoms with van der Waals surface area (Å²) in [7, 11) is 0. The van der Waals surface area contributed by atoms with Gasteiger partial charge in [-0.3, -0.25) is 0 Å². The Morgan fingerprint density at radius 2 is 1.84 bits per heavy atom. The summed E-state index contributed by atoms with van der Waals surface area (Å²) in [6.45, 7) is 4.82. The first kappa shape index (κ1) is 14.6. The molecule has 0 bridgehead atoms. The van der Waals surface area contributed by atoms with Gasteiger partial charge in [-0.2, -0.15) is 0 Å². The van der Waals surface area contributed by atoms with Gasteiger partial charge in [0.2, 0.25) is 0 Å². The summed E-state index contributed by atoms with van der Waals surface area (Å²) in [4.78, 5) is 14.3. The van der Waals surface area contributed by atoms with Crippen molar-refractivity contribution < 1.29 is 9.90 Å². The third-order valence-electron chi connectivity index (χ3n) is 4.50. The number of amides is 2. The quantitative estimate of drug-likeness (QED) is 0.808. The maximum atomic E-state index is 12.3. The number of carbonyl (C=O) groups is 1. The predicted octanol–water partition coefficient (Wildman–Crippen LogP) is 2.51. The Kier molecular flexibility index (Phi) is 5.08. The van der Waals surface area contributed by atoms with Gasteiger partial charge in [0.15, 0.2) is 0 Å². The second kappa shape index (κ2) is 6.60. The number of urea groups is 1. The third-order valence-corrected chi connectivity index (χ3v) is 4.50. The molecule has 19 heavy (non-hydrogen) atoms. The van der Waals surface area contributed by atoms with E-state index in [0.717, 1.165) is 38.6 Å². The van der Waals surface area contributed by atoms with Crippen LogP contribution in [0.4, 0.5) is 4.79 Å². The maximum absolute atomic E-state index is 12.3. The molecule has 0 spiro atoms. The first-order valence-electron chi connectivity index (χ1n) is 7.85. The van der Waals surface area contributed by atoms with E-state index in [-0.39, 0.29) is 30.1 Å². The average Bonchev–Trinajstić information content (AvgIpc) is 2.38. The average molecular weight is 268 g/mol. The molecule has 1 heterocycles. The minimum Gasteiger partial charge on any atom is -0.393 e. The van der Waals surface area contributed by atoms with Gasteiger partial charge >= 0.3 is 6.03 Å². The molecule has 1 aliphatic heterocycles. The van der Waals surface area contributed by atoms with Crippen LogP contribution in [0.1, 0.15) is 58.8 Å². The number of aliphatic hydroxyl groups excluding tert-OH is 1. The van der Waals surface area contributed by atoms with Crippen LogP contribution in [0.3, 0.4) is 0 Å². The van der Waals surface area contributed by atoms with Crippen LogP contribution in [0.5, 0.6) is 0 Å². The molecule has 3 unspecified atom stereocenters. The molecular formula is C15H28N2O2. The van der Waals surface area contributed by atoms with Crippen LogP contribution in [0.2, 0.25) is 0 Å². The number of piperidine rings is 1. The highest BCUT2D eigenvalue weighted by Gasteiger charge is 2.37. The Hall–Kier alpha value is -0.770. The van der Waals surface area contributed by atoms with E-state index in [0.29, 0.717) is 0 Å². The van der Waals surface area contributed by atoms with E-state index in [1.165, 1.54) is 12.8 Å². The molecule has 2 amide bonds. The van der Waals surface area contributed by atoms with Crippen LogP contribution in [0.15, 0.2) is 0 Å². The zero-order valence-corrected chi connectivity index (χ0v) is 12.3. The van der Waals surface area contributed by atoms with Crippen molar-refractivity contribution in [2.24, 2.45) is 5.92 Å². The number of likely N-dealkylation sites (tertiary alicyclic amines) is 1. The molecule has 1 saturated heterocycles. The van der Waals surface area contributed by atoms with E-state index in [1.54, 1.807) is 0 Å². The molecule has 4 nitrogen and oxygen atoms in total. The van der Waals surface area contributed by atoms with E-state index < -0.39 is 0 Å². The van der Waals surface area contributed by atoms with Crippen molar-refractivity contribution >= 4 is 6.03 Å². The zero-order chi connectivity index (χ0) is 13.8. The van der Waals surface area contributed by atoms with Gasteiger partial charge in [0.25, 0.3) is 0 Å². The summed E-state index contributed by atoms with van der Waals surface area (Å²) in [5.41, 5.74) is 0. The number of aliphatic hydroxyl groups is 1. The van der Waals surface area contributed by atoms with Crippen LogP contribution in [-0.4, -0.2) is 40.8 Å². The molecule has 0 aromatic rings. The number of carbonyl (C=O) groups excluding carboxylic acids is 1. The molecule has 4 heteroatoms. The number of nitrogens with one attached hydrogen (secondary N) is 1. The van der Waals surface area contributed by atoms with E-state index in [2.05, 4.69) is 5.32 Å². The van der Waals surface area contributed by atoms with Crippen molar-refractivity contribution in [2.45, 2.75) is 77.0 Å². The zero-order valence-electron chi connectivity index (χ0n) is 12.3. The van der Waals surface area contributed by atoms with Crippen molar-refractivity contribution in [3.63, 3.8) is 0 Å². The second-order valence-electron chi connectivity index (χ2n) is 6.38. The molecular weight excluding hydrogens is 240 g/mol. The van der Waals surface area contributed by atoms with Gasteiger partial charge in [-0.1, -0.05) is 12.8 Å². The van der Waals surface area contributed by atoms with E-state index in [9.17, 15) is 9.90 Å². The van der Waals surface area contributed by atoms with Gasteiger partial charge < -0.3 is 15.3 Å². The van der Waals surface area contributed by atoms with Gasteiger partial charge in [0, 0.05) is 24.5 Å². The molecule has 110 valence electrons. The molecule has 0 aromatic carbocycles. The molecule has 2 rings (SSSR count). The fraction of sp³-hybridized carbons (Fsp3) is 0.933. The van der Waals surface area contributed by atoms with E-state index >= 15 is 0 Å². The number of hydrogen-bond acceptors (Lipinski definition) is 2.